The summed E-state index contributed by atoms with van der Waals surface area (Å²) in [6.45, 7) is 3.87. The molecule has 0 radical (unpaired) electrons. The third-order valence-electron chi connectivity index (χ3n) is 4.71. The largest absolute Gasteiger partial charge is 0.379 e. The van der Waals surface area contributed by atoms with Crippen LogP contribution < -0.4 is 9.08 Å². The lowest BCUT2D eigenvalue weighted by Gasteiger charge is -2.17. The van der Waals surface area contributed by atoms with E-state index in [1.165, 1.54) is 13.0 Å². The van der Waals surface area contributed by atoms with Crippen molar-refractivity contribution in [2.24, 2.45) is 0 Å². The molecule has 7 heteroatoms. The van der Waals surface area contributed by atoms with Crippen molar-refractivity contribution >= 4 is 27.5 Å². The molecule has 1 saturated heterocycles. The summed E-state index contributed by atoms with van der Waals surface area (Å²) in [5, 5.41) is 0. The van der Waals surface area contributed by atoms with Crippen molar-refractivity contribution in [1.82, 2.24) is 0 Å². The Balaban J connectivity index is 1.75. The van der Waals surface area contributed by atoms with Gasteiger partial charge in [-0.1, -0.05) is 12.1 Å². The van der Waals surface area contributed by atoms with Crippen molar-refractivity contribution in [1.29, 1.82) is 0 Å². The van der Waals surface area contributed by atoms with Crippen molar-refractivity contribution < 1.29 is 22.2 Å². The van der Waals surface area contributed by atoms with E-state index < -0.39 is 10.1 Å². The van der Waals surface area contributed by atoms with Gasteiger partial charge in [0.15, 0.2) is 0 Å². The van der Waals surface area contributed by atoms with Crippen LogP contribution in [-0.2, 0) is 26.1 Å². The van der Waals surface area contributed by atoms with Crippen LogP contribution >= 0.6 is 0 Å². The van der Waals surface area contributed by atoms with E-state index in [1.807, 2.05) is 0 Å². The summed E-state index contributed by atoms with van der Waals surface area (Å²) < 4.78 is 30.6. The van der Waals surface area contributed by atoms with Crippen molar-refractivity contribution in [3.8, 4) is 5.75 Å². The third kappa shape index (κ3) is 4.59. The number of rotatable bonds is 7. The molecule has 0 unspecified atom stereocenters. The minimum absolute atomic E-state index is 0.0520. The van der Waals surface area contributed by atoms with E-state index in [-0.39, 0.29) is 22.3 Å². The zero-order valence-corrected chi connectivity index (χ0v) is 16.8. The number of aryl methyl sites for hydroxylation is 2. The SMILES string of the molecule is CC(=O)CCc1ccc(OS(=O)(=O)c2ccc(N3CCCC3=O)cc2C)cc1. The maximum atomic E-state index is 12.7. The first-order valence-electron chi connectivity index (χ1n) is 9.20. The average Bonchev–Trinajstić information content (AvgIpc) is 3.06. The average molecular weight is 401 g/mol. The van der Waals surface area contributed by atoms with Crippen LogP contribution in [-0.4, -0.2) is 26.7 Å². The molecule has 0 spiro atoms. The lowest BCUT2D eigenvalue weighted by atomic mass is 10.1. The highest BCUT2D eigenvalue weighted by atomic mass is 32.2. The number of hydrogen-bond donors (Lipinski definition) is 0. The Morgan fingerprint density at radius 2 is 1.86 bits per heavy atom. The second-order valence-corrected chi connectivity index (χ2v) is 8.50. The Morgan fingerprint density at radius 1 is 1.14 bits per heavy atom. The van der Waals surface area contributed by atoms with Gasteiger partial charge in [-0.2, -0.15) is 8.42 Å². The molecule has 1 aliphatic rings. The molecule has 0 atom stereocenters. The molecule has 6 nitrogen and oxygen atoms in total. The van der Waals surface area contributed by atoms with Crippen LogP contribution in [0.25, 0.3) is 0 Å². The monoisotopic (exact) mass is 401 g/mol. The zero-order valence-electron chi connectivity index (χ0n) is 16.0. The van der Waals surface area contributed by atoms with E-state index >= 15 is 0 Å². The normalized spacial score (nSPS) is 14.4. The van der Waals surface area contributed by atoms with Gasteiger partial charge < -0.3 is 13.9 Å². The molecule has 0 aliphatic carbocycles. The summed E-state index contributed by atoms with van der Waals surface area (Å²) in [6, 6.07) is 11.5. The van der Waals surface area contributed by atoms with Gasteiger partial charge in [0.05, 0.1) is 0 Å². The van der Waals surface area contributed by atoms with Crippen LogP contribution in [0.3, 0.4) is 0 Å². The molecule has 2 aromatic carbocycles. The van der Waals surface area contributed by atoms with Crippen LogP contribution in [0.2, 0.25) is 0 Å². The van der Waals surface area contributed by atoms with Crippen LogP contribution in [0.5, 0.6) is 5.75 Å². The number of ketones is 1. The van der Waals surface area contributed by atoms with Crippen LogP contribution in [0.15, 0.2) is 47.4 Å². The molecule has 1 aliphatic heterocycles. The van der Waals surface area contributed by atoms with E-state index in [2.05, 4.69) is 0 Å². The number of anilines is 1. The Hall–Kier alpha value is -2.67. The number of nitrogens with zero attached hydrogens (tertiary/aromatic N) is 1. The fourth-order valence-corrected chi connectivity index (χ4v) is 4.35. The number of hydrogen-bond acceptors (Lipinski definition) is 5. The molecular weight excluding hydrogens is 378 g/mol. The summed E-state index contributed by atoms with van der Waals surface area (Å²) >= 11 is 0. The van der Waals surface area contributed by atoms with Gasteiger partial charge in [-0.25, -0.2) is 0 Å². The minimum Gasteiger partial charge on any atom is -0.379 e. The standard InChI is InChI=1S/C21H23NO5S/c1-15-14-18(22-13-3-4-21(22)24)9-12-20(15)28(25,26)27-19-10-7-17(8-11-19)6-5-16(2)23/h7-12,14H,3-6,13H2,1-2H3. The van der Waals surface area contributed by atoms with Gasteiger partial charge in [0.25, 0.3) is 0 Å². The molecule has 0 saturated carbocycles. The smallest absolute Gasteiger partial charge is 0.339 e. The van der Waals surface area contributed by atoms with Crippen LogP contribution in [0, 0.1) is 6.92 Å². The van der Waals surface area contributed by atoms with Gasteiger partial charge in [-0.3, -0.25) is 4.79 Å². The summed E-state index contributed by atoms with van der Waals surface area (Å²) in [5.41, 5.74) is 2.17. The van der Waals surface area contributed by atoms with E-state index in [1.54, 1.807) is 48.2 Å². The molecule has 0 N–H and O–H groups in total. The number of amides is 1. The van der Waals surface area contributed by atoms with Gasteiger partial charge in [0.1, 0.15) is 16.4 Å². The Morgan fingerprint density at radius 3 is 2.43 bits per heavy atom. The Bertz CT molecular complexity index is 996. The van der Waals surface area contributed by atoms with E-state index in [0.29, 0.717) is 37.1 Å². The van der Waals surface area contributed by atoms with Crippen molar-refractivity contribution in [2.75, 3.05) is 11.4 Å². The lowest BCUT2D eigenvalue weighted by molar-refractivity contribution is -0.117. The molecule has 2 aromatic rings. The van der Waals surface area contributed by atoms with Crippen molar-refractivity contribution in [3.63, 3.8) is 0 Å². The van der Waals surface area contributed by atoms with Gasteiger partial charge in [0.2, 0.25) is 5.91 Å². The third-order valence-corrected chi connectivity index (χ3v) is 6.12. The molecule has 3 rings (SSSR count). The van der Waals surface area contributed by atoms with Gasteiger partial charge in [-0.15, -0.1) is 0 Å². The fourth-order valence-electron chi connectivity index (χ4n) is 3.21. The lowest BCUT2D eigenvalue weighted by Crippen LogP contribution is -2.24. The van der Waals surface area contributed by atoms with Crippen LogP contribution in [0.4, 0.5) is 5.69 Å². The molecule has 0 bridgehead atoms. The maximum Gasteiger partial charge on any atom is 0.339 e. The number of carbonyl (C=O) groups excluding carboxylic acids is 2. The van der Waals surface area contributed by atoms with Gasteiger partial charge >= 0.3 is 10.1 Å². The van der Waals surface area contributed by atoms with E-state index in [0.717, 1.165) is 12.0 Å². The topological polar surface area (TPSA) is 80.8 Å². The minimum atomic E-state index is -3.99. The molecule has 148 valence electrons. The Labute approximate surface area is 165 Å². The Kier molecular flexibility index (Phi) is 5.84. The van der Waals surface area contributed by atoms with Crippen molar-refractivity contribution in [2.45, 2.75) is 44.4 Å². The summed E-state index contributed by atoms with van der Waals surface area (Å²) in [5.74, 6) is 0.373. The van der Waals surface area contributed by atoms with Gasteiger partial charge in [0, 0.05) is 25.1 Å². The predicted molar refractivity (Wildman–Crippen MR) is 106 cm³/mol. The zero-order chi connectivity index (χ0) is 20.3. The number of benzene rings is 2. The molecule has 1 amide bonds. The van der Waals surface area contributed by atoms with E-state index in [4.69, 9.17) is 4.18 Å². The fraction of sp³-hybridized carbons (Fsp3) is 0.333. The second kappa shape index (κ2) is 8.14. The maximum absolute atomic E-state index is 12.7. The van der Waals surface area contributed by atoms with Crippen molar-refractivity contribution in [3.05, 3.63) is 53.6 Å². The molecular formula is C21H23NO5S. The first-order valence-corrected chi connectivity index (χ1v) is 10.6. The van der Waals surface area contributed by atoms with Crippen LogP contribution in [0.1, 0.15) is 37.3 Å². The number of Topliss-reactive ketones (excluding diaryl/α,β-unsaturated/α-hetero) is 1. The quantitative estimate of drug-likeness (QED) is 0.664. The second-order valence-electron chi connectivity index (χ2n) is 6.98. The first-order chi connectivity index (χ1) is 13.3. The first kappa shape index (κ1) is 20.1. The molecule has 0 aromatic heterocycles. The molecule has 1 heterocycles. The number of carbonyl (C=O) groups is 2. The summed E-state index contributed by atoms with van der Waals surface area (Å²) in [6.07, 6.45) is 2.38. The molecule has 1 fully saturated rings. The molecule has 28 heavy (non-hydrogen) atoms. The highest BCUT2D eigenvalue weighted by Crippen LogP contribution is 2.28. The van der Waals surface area contributed by atoms with E-state index in [9.17, 15) is 18.0 Å². The predicted octanol–water partition coefficient (Wildman–Crippen LogP) is 3.41. The summed E-state index contributed by atoms with van der Waals surface area (Å²) in [7, 11) is -3.99. The highest BCUT2D eigenvalue weighted by Gasteiger charge is 2.24. The summed E-state index contributed by atoms with van der Waals surface area (Å²) in [4.78, 5) is 24.7. The highest BCUT2D eigenvalue weighted by molar-refractivity contribution is 7.87. The van der Waals surface area contributed by atoms with Gasteiger partial charge in [-0.05, 0) is 68.1 Å².